The van der Waals surface area contributed by atoms with Gasteiger partial charge in [0.2, 0.25) is 18.1 Å². The zero-order chi connectivity index (χ0) is 54.0. The molecule has 3 unspecified atom stereocenters. The summed E-state index contributed by atoms with van der Waals surface area (Å²) in [6.07, 6.45) is 6.94. The van der Waals surface area contributed by atoms with Crippen LogP contribution in [0.5, 0.6) is 0 Å². The third kappa shape index (κ3) is 23.4. The van der Waals surface area contributed by atoms with Crippen molar-refractivity contribution in [3.05, 3.63) is 34.3 Å². The molecule has 0 amide bonds. The van der Waals surface area contributed by atoms with Crippen molar-refractivity contribution in [2.75, 3.05) is 39.0 Å². The topological polar surface area (TPSA) is 211 Å². The van der Waals surface area contributed by atoms with Crippen LogP contribution < -0.4 is 53.5 Å². The predicted octanol–water partition coefficient (Wildman–Crippen LogP) is 2.92. The van der Waals surface area contributed by atoms with Gasteiger partial charge in [0.1, 0.15) is 0 Å². The number of halogens is 5. The van der Waals surface area contributed by atoms with Gasteiger partial charge in [-0.05, 0) is 57.8 Å². The van der Waals surface area contributed by atoms with E-state index in [-0.39, 0.29) is 193 Å². The van der Waals surface area contributed by atoms with Crippen molar-refractivity contribution in [2.45, 2.75) is 236 Å². The molecule has 18 atom stereocenters. The number of esters is 3. The summed E-state index contributed by atoms with van der Waals surface area (Å²) in [7, 11) is -1.77. The van der Waals surface area contributed by atoms with E-state index >= 15 is 0 Å². The van der Waals surface area contributed by atoms with Gasteiger partial charge in [0.25, 0.3) is 0 Å². The van der Waals surface area contributed by atoms with Crippen molar-refractivity contribution in [2.24, 2.45) is 17.8 Å². The Kier molecular flexibility index (Phi) is 39.0. The molecule has 446 valence electrons. The third-order valence-corrected chi connectivity index (χ3v) is 16.4. The van der Waals surface area contributed by atoms with E-state index in [0.29, 0.717) is 44.4 Å². The Morgan fingerprint density at radius 2 is 0.910 bits per heavy atom. The molecule has 6 fully saturated rings. The Balaban J connectivity index is 0. The van der Waals surface area contributed by atoms with E-state index in [0.717, 1.165) is 43.0 Å². The smallest absolute Gasteiger partial charge is 1.00 e. The van der Waals surface area contributed by atoms with Gasteiger partial charge < -0.3 is 86.2 Å². The summed E-state index contributed by atoms with van der Waals surface area (Å²) in [6.45, 7) is 26.0. The molecule has 6 heterocycles. The van der Waals surface area contributed by atoms with Gasteiger partial charge in [-0.3, -0.25) is 18.6 Å². The Labute approximate surface area is 515 Å². The van der Waals surface area contributed by atoms with E-state index in [2.05, 4.69) is 50.8 Å². The quantitative estimate of drug-likeness (QED) is 0.0272. The van der Waals surface area contributed by atoms with Gasteiger partial charge >= 0.3 is 63.1 Å². The molecule has 0 aromatic heterocycles. The Morgan fingerprint density at radius 1 is 0.603 bits per heavy atom. The number of fused-ring (bicyclic) bond motifs is 3. The first-order valence-corrected chi connectivity index (χ1v) is 27.9. The van der Waals surface area contributed by atoms with Crippen molar-refractivity contribution >= 4 is 50.6 Å². The van der Waals surface area contributed by atoms with Crippen LogP contribution in [-0.2, 0) is 71.3 Å². The van der Waals surface area contributed by atoms with Gasteiger partial charge in [0.15, 0.2) is 0 Å². The molecule has 0 saturated carbocycles. The minimum atomic E-state index is -5.76. The first kappa shape index (κ1) is 78.8. The van der Waals surface area contributed by atoms with Gasteiger partial charge in [-0.2, -0.15) is 21.6 Å². The summed E-state index contributed by atoms with van der Waals surface area (Å²) >= 11 is 2.38. The van der Waals surface area contributed by atoms with E-state index in [9.17, 15) is 41.1 Å². The van der Waals surface area contributed by atoms with Gasteiger partial charge in [0.05, 0.1) is 108 Å². The molecule has 1 N–H and O–H groups in total. The Bertz CT molecular complexity index is 1940. The Morgan fingerprint density at radius 3 is 1.21 bits per heavy atom. The molecule has 0 aromatic rings. The van der Waals surface area contributed by atoms with Crippen molar-refractivity contribution in [3.8, 4) is 0 Å². The average Bonchev–Trinajstić information content (AvgIpc) is 4.04. The summed E-state index contributed by atoms with van der Waals surface area (Å²) in [5.74, 6) is -1.57. The molecule has 6 aliphatic heterocycles. The predicted molar refractivity (Wildman–Crippen MR) is 283 cm³/mol. The summed E-state index contributed by atoms with van der Waals surface area (Å²) < 4.78 is 116. The molecule has 0 spiro atoms. The molecule has 0 radical (unpaired) electrons. The molecule has 0 bridgehead atoms. The molecule has 6 saturated heterocycles. The fraction of sp³-hybridized carbons (Fsp3) is 0.885. The number of nitrogens with zero attached hydrogens (tertiary/aromatic N) is 3. The van der Waals surface area contributed by atoms with Crippen LogP contribution in [0.15, 0.2) is 0 Å². The van der Waals surface area contributed by atoms with E-state index in [4.69, 9.17) is 52.9 Å². The molecule has 26 heteroatoms. The van der Waals surface area contributed by atoms with Crippen LogP contribution in [0.4, 0.5) is 13.2 Å². The maximum absolute atomic E-state index is 12.6. The summed E-state index contributed by atoms with van der Waals surface area (Å²) in [5.41, 5.74) is -5.53. The Hall–Kier alpha value is -1.24. The van der Waals surface area contributed by atoms with Crippen molar-refractivity contribution in [3.63, 3.8) is 0 Å². The summed E-state index contributed by atoms with van der Waals surface area (Å²) in [4.78, 5) is 44.6. The first-order chi connectivity index (χ1) is 34.6. The second-order valence-corrected chi connectivity index (χ2v) is 22.0. The fourth-order valence-corrected chi connectivity index (χ4v) is 12.0. The number of methoxy groups -OCH3 is 3. The minimum Gasteiger partial charge on any atom is -1.00 e. The maximum Gasteiger partial charge on any atom is 1.00 e. The van der Waals surface area contributed by atoms with Crippen LogP contribution in [0.1, 0.15) is 139 Å². The van der Waals surface area contributed by atoms with Gasteiger partial charge in [-0.15, -0.1) is 0 Å². The molecular formula is C52H85F3I2N3NaO16S. The standard InChI is InChI=1S/C17H24F3NO7S.C16H24INO4.C16H25NO5.3CH4.HI.Na/c1-10(21-2)8-11-4-5-14-16(27-11)12(9-26-29(23,24)17(18,19)20)13(28-14)6-7-15(22)25-3;1-10(18-2)8-11-4-5-14-16(21-11)12(9-17)13(22-14)6-7-15(19)20-3;1-10(17-2)8-11-4-5-14-16(21-11)12(9-18)13(22-14)6-7-15(19)20-3;;;;;/h10-14,16H,4-9H2,1,3H3;10-14,16H,4-9H2,1,3H3;10-14,16,18H,4-9H2,1,3H3;3*1H4;1H;/q;;;;;;;+1/p-1/t3*10-,11-,12-,13+,14+,16?;;;;;/m111...../s1. The largest absolute Gasteiger partial charge is 1.00 e. The maximum atomic E-state index is 12.6. The normalized spacial score (nSPS) is 31.5. The molecule has 78 heavy (non-hydrogen) atoms. The van der Waals surface area contributed by atoms with Gasteiger partial charge in [-0.25, -0.2) is 19.7 Å². The van der Waals surface area contributed by atoms with Crippen molar-refractivity contribution < 1.29 is 141 Å². The van der Waals surface area contributed by atoms with Crippen LogP contribution in [0.25, 0.3) is 14.5 Å². The first-order valence-electron chi connectivity index (χ1n) is 25.0. The number of hydrogen-bond acceptors (Lipinski definition) is 16. The molecule has 19 nitrogen and oxygen atoms in total. The number of rotatable bonds is 20. The van der Waals surface area contributed by atoms with Crippen LogP contribution in [-0.4, -0.2) is 167 Å². The van der Waals surface area contributed by atoms with Crippen molar-refractivity contribution in [1.29, 1.82) is 0 Å². The molecule has 6 aliphatic rings. The van der Waals surface area contributed by atoms with E-state index in [1.165, 1.54) is 21.3 Å². The van der Waals surface area contributed by atoms with Crippen LogP contribution >= 0.6 is 22.6 Å². The zero-order valence-corrected chi connectivity index (χ0v) is 51.0. The number of carbonyl (C=O) groups excluding carboxylic acids is 3. The second-order valence-electron chi connectivity index (χ2n) is 19.5. The van der Waals surface area contributed by atoms with Gasteiger partial charge in [-0.1, -0.05) is 44.9 Å². The van der Waals surface area contributed by atoms with Crippen LogP contribution in [0.3, 0.4) is 0 Å². The van der Waals surface area contributed by atoms with Crippen molar-refractivity contribution in [1.82, 2.24) is 0 Å². The number of ether oxygens (including phenoxy) is 9. The average molecular weight is 1370 g/mol. The third-order valence-electron chi connectivity index (χ3n) is 14.4. The number of alkyl halides is 4. The van der Waals surface area contributed by atoms with E-state index < -0.39 is 52.4 Å². The SMILES string of the molecule is C.C.C.[C-]#[N+][C@H](C)C[C@H]1CC[C@@H]2O[C@@H](CCC(=O)OC)[C@@H](CI)C2O1.[C-]#[N+][C@H](C)C[C@H]1CC[C@@H]2O[C@@H](CCC(=O)OC)[C@@H](CO)C2O1.[C-]#[N+][C@H](C)C[C@H]1CC[C@@H]2O[C@@H](CCC(=O)OC)[C@@H](COS(=O)(=O)C(F)(F)F)C2O1.[I-].[Na+]. The van der Waals surface area contributed by atoms with E-state index in [1.807, 2.05) is 13.8 Å². The summed E-state index contributed by atoms with van der Waals surface area (Å²) in [5, 5.41) is 9.69. The monoisotopic (exact) mass is 1370 g/mol. The van der Waals surface area contributed by atoms with Gasteiger partial charge in [0, 0.05) is 81.5 Å². The number of carbonyl (C=O) groups is 3. The van der Waals surface area contributed by atoms with E-state index in [1.54, 1.807) is 6.92 Å². The molecule has 6 rings (SSSR count). The minimum absolute atomic E-state index is 0. The zero-order valence-electron chi connectivity index (χ0n) is 43.8. The molecule has 0 aliphatic carbocycles. The number of aliphatic hydroxyl groups excluding tert-OH is 1. The second kappa shape index (κ2) is 38.6. The van der Waals surface area contributed by atoms with Crippen LogP contribution in [0, 0.1) is 37.5 Å². The molecular weight excluding hydrogens is 1290 g/mol. The number of hydrogen-bond donors (Lipinski definition) is 1. The molecule has 0 aromatic carbocycles. The number of aliphatic hydroxyl groups is 1. The summed E-state index contributed by atoms with van der Waals surface area (Å²) in [6, 6.07) is -0.321. The fourth-order valence-electron chi connectivity index (χ4n) is 10.5. The van der Waals surface area contributed by atoms with Crippen LogP contribution in [0.2, 0.25) is 0 Å².